The Morgan fingerprint density at radius 2 is 1.76 bits per heavy atom. The zero-order valence-electron chi connectivity index (χ0n) is 20.7. The summed E-state index contributed by atoms with van der Waals surface area (Å²) in [6.45, 7) is 3.71. The molecule has 0 saturated carbocycles. The van der Waals surface area contributed by atoms with Gasteiger partial charge in [-0.3, -0.25) is 4.79 Å². The van der Waals surface area contributed by atoms with E-state index >= 15 is 0 Å². The number of hydrogen-bond donors (Lipinski definition) is 0. The van der Waals surface area contributed by atoms with Crippen LogP contribution in [0.5, 0.6) is 5.75 Å². The van der Waals surface area contributed by atoms with Crippen LogP contribution in [0.3, 0.4) is 0 Å². The zero-order valence-corrected chi connectivity index (χ0v) is 20.7. The Balaban J connectivity index is 1.89. The number of esters is 2. The fraction of sp³-hybridized carbons (Fsp3) is 0.500. The summed E-state index contributed by atoms with van der Waals surface area (Å²) in [6.07, 6.45) is 7.05. The van der Waals surface area contributed by atoms with Crippen LogP contribution in [-0.2, 0) is 33.5 Å². The Labute approximate surface area is 203 Å². The number of carbonyl (C=O) groups is 2. The lowest BCUT2D eigenvalue weighted by atomic mass is 9.87. The highest BCUT2D eigenvalue weighted by Crippen LogP contribution is 2.35. The van der Waals surface area contributed by atoms with Crippen LogP contribution in [-0.4, -0.2) is 45.9 Å². The predicted molar refractivity (Wildman–Crippen MR) is 134 cm³/mol. The summed E-state index contributed by atoms with van der Waals surface area (Å²) in [5.74, 6) is 0.403. The second kappa shape index (κ2) is 13.0. The maximum absolute atomic E-state index is 12.8. The summed E-state index contributed by atoms with van der Waals surface area (Å²) in [5, 5.41) is 0. The topological polar surface area (TPSA) is 65.1 Å². The van der Waals surface area contributed by atoms with Crippen molar-refractivity contribution in [3.63, 3.8) is 0 Å². The third kappa shape index (κ3) is 6.52. The molecule has 1 aliphatic rings. The summed E-state index contributed by atoms with van der Waals surface area (Å²) in [5.41, 5.74) is 5.33. The van der Waals surface area contributed by atoms with Crippen LogP contribution >= 0.6 is 0 Å². The van der Waals surface area contributed by atoms with E-state index in [1.807, 2.05) is 31.2 Å². The smallest absolute Gasteiger partial charge is 0.339 e. The van der Waals surface area contributed by atoms with Gasteiger partial charge in [0.2, 0.25) is 0 Å². The highest BCUT2D eigenvalue weighted by atomic mass is 16.5. The number of anilines is 1. The second-order valence-corrected chi connectivity index (χ2v) is 8.61. The molecule has 0 unspecified atom stereocenters. The van der Waals surface area contributed by atoms with Gasteiger partial charge < -0.3 is 19.1 Å². The number of methoxy groups -OCH3 is 2. The quantitative estimate of drug-likeness (QED) is 0.318. The Morgan fingerprint density at radius 1 is 0.971 bits per heavy atom. The van der Waals surface area contributed by atoms with E-state index in [0.29, 0.717) is 18.6 Å². The third-order valence-corrected chi connectivity index (χ3v) is 6.43. The third-order valence-electron chi connectivity index (χ3n) is 6.43. The lowest BCUT2D eigenvalue weighted by Crippen LogP contribution is -2.31. The number of para-hydroxylation sites is 1. The molecule has 0 fully saturated rings. The van der Waals surface area contributed by atoms with Gasteiger partial charge in [0.25, 0.3) is 0 Å². The number of nitrogens with zero attached hydrogens (tertiary/aromatic N) is 1. The first-order valence-corrected chi connectivity index (χ1v) is 12.3. The predicted octanol–water partition coefficient (Wildman–Crippen LogP) is 5.14. The fourth-order valence-corrected chi connectivity index (χ4v) is 4.75. The lowest BCUT2D eigenvalue weighted by molar-refractivity contribution is -0.143. The summed E-state index contributed by atoms with van der Waals surface area (Å²) in [6, 6.07) is 12.1. The maximum atomic E-state index is 12.8. The molecule has 0 aromatic heterocycles. The standard InChI is InChI=1S/C28H37NO5/c1-4-34-26(30)15-9-10-19-29(20-18-22-12-6-8-14-25(22)32-2)27-23-13-7-5-11-21(23)16-17-24(27)28(31)33-3/h6,8,12,14,16-17H,4-5,7,9-11,13,15,18-20H2,1-3H3. The minimum atomic E-state index is -0.308. The van der Waals surface area contributed by atoms with E-state index in [2.05, 4.69) is 17.0 Å². The van der Waals surface area contributed by atoms with Crippen molar-refractivity contribution in [3.05, 3.63) is 58.7 Å². The maximum Gasteiger partial charge on any atom is 0.339 e. The summed E-state index contributed by atoms with van der Waals surface area (Å²) >= 11 is 0. The molecule has 34 heavy (non-hydrogen) atoms. The van der Waals surface area contributed by atoms with Gasteiger partial charge in [-0.05, 0) is 80.7 Å². The molecule has 184 valence electrons. The van der Waals surface area contributed by atoms with E-state index in [-0.39, 0.29) is 11.9 Å². The van der Waals surface area contributed by atoms with Crippen LogP contribution in [0.1, 0.15) is 66.1 Å². The molecule has 2 aromatic carbocycles. The molecule has 0 N–H and O–H groups in total. The van der Waals surface area contributed by atoms with Crippen molar-refractivity contribution in [2.75, 3.05) is 38.8 Å². The number of rotatable bonds is 12. The SMILES string of the molecule is CCOC(=O)CCCCN(CCc1ccccc1OC)c1c(C(=O)OC)ccc2c1CCCC2. The molecule has 0 saturated heterocycles. The van der Waals surface area contributed by atoms with Crippen molar-refractivity contribution in [2.45, 2.75) is 58.3 Å². The van der Waals surface area contributed by atoms with Crippen molar-refractivity contribution in [1.82, 2.24) is 0 Å². The molecule has 0 atom stereocenters. The molecule has 6 heteroatoms. The average Bonchev–Trinajstić information content (AvgIpc) is 2.87. The van der Waals surface area contributed by atoms with Gasteiger partial charge in [0.05, 0.1) is 32.1 Å². The Morgan fingerprint density at radius 3 is 2.53 bits per heavy atom. The van der Waals surface area contributed by atoms with Crippen LogP contribution in [0.4, 0.5) is 5.69 Å². The highest BCUT2D eigenvalue weighted by Gasteiger charge is 2.25. The Hall–Kier alpha value is -3.02. The van der Waals surface area contributed by atoms with Crippen LogP contribution in [0.2, 0.25) is 0 Å². The van der Waals surface area contributed by atoms with Gasteiger partial charge in [0.15, 0.2) is 0 Å². The number of aryl methyl sites for hydroxylation is 1. The molecule has 0 aliphatic heterocycles. The van der Waals surface area contributed by atoms with Gasteiger partial charge in [-0.15, -0.1) is 0 Å². The summed E-state index contributed by atoms with van der Waals surface area (Å²) < 4.78 is 15.8. The normalized spacial score (nSPS) is 12.6. The summed E-state index contributed by atoms with van der Waals surface area (Å²) in [4.78, 5) is 26.9. The molecular weight excluding hydrogens is 430 g/mol. The number of hydrogen-bond acceptors (Lipinski definition) is 6. The molecule has 0 amide bonds. The van der Waals surface area contributed by atoms with E-state index in [9.17, 15) is 9.59 Å². The minimum Gasteiger partial charge on any atom is -0.496 e. The van der Waals surface area contributed by atoms with Crippen LogP contribution < -0.4 is 9.64 Å². The number of ether oxygens (including phenoxy) is 3. The molecule has 0 spiro atoms. The van der Waals surface area contributed by atoms with Crippen molar-refractivity contribution >= 4 is 17.6 Å². The van der Waals surface area contributed by atoms with Gasteiger partial charge in [-0.2, -0.15) is 0 Å². The zero-order chi connectivity index (χ0) is 24.3. The van der Waals surface area contributed by atoms with Crippen molar-refractivity contribution in [3.8, 4) is 5.75 Å². The van der Waals surface area contributed by atoms with Crippen molar-refractivity contribution in [2.24, 2.45) is 0 Å². The van der Waals surface area contributed by atoms with E-state index in [1.54, 1.807) is 7.11 Å². The molecule has 6 nitrogen and oxygen atoms in total. The number of unbranched alkanes of at least 4 members (excludes halogenated alkanes) is 1. The molecule has 0 radical (unpaired) electrons. The summed E-state index contributed by atoms with van der Waals surface area (Å²) in [7, 11) is 3.12. The van der Waals surface area contributed by atoms with Crippen LogP contribution in [0.25, 0.3) is 0 Å². The molecule has 2 aromatic rings. The fourth-order valence-electron chi connectivity index (χ4n) is 4.75. The molecule has 0 bridgehead atoms. The number of carbonyl (C=O) groups excluding carboxylic acids is 2. The first-order chi connectivity index (χ1) is 16.6. The van der Waals surface area contributed by atoms with Gasteiger partial charge in [0, 0.05) is 19.5 Å². The monoisotopic (exact) mass is 467 g/mol. The van der Waals surface area contributed by atoms with E-state index in [0.717, 1.165) is 68.6 Å². The van der Waals surface area contributed by atoms with Crippen LogP contribution in [0, 0.1) is 0 Å². The van der Waals surface area contributed by atoms with E-state index in [1.165, 1.54) is 24.7 Å². The molecular formula is C28H37NO5. The Bertz CT molecular complexity index is 971. The molecule has 3 rings (SSSR count). The van der Waals surface area contributed by atoms with Crippen molar-refractivity contribution in [1.29, 1.82) is 0 Å². The minimum absolute atomic E-state index is 0.157. The lowest BCUT2D eigenvalue weighted by Gasteiger charge is -2.32. The molecule has 1 aliphatic carbocycles. The van der Waals surface area contributed by atoms with Crippen LogP contribution in [0.15, 0.2) is 36.4 Å². The largest absolute Gasteiger partial charge is 0.496 e. The van der Waals surface area contributed by atoms with Gasteiger partial charge in [-0.1, -0.05) is 24.3 Å². The number of benzene rings is 2. The van der Waals surface area contributed by atoms with E-state index < -0.39 is 0 Å². The first-order valence-electron chi connectivity index (χ1n) is 12.3. The van der Waals surface area contributed by atoms with Gasteiger partial charge in [-0.25, -0.2) is 4.79 Å². The van der Waals surface area contributed by atoms with E-state index in [4.69, 9.17) is 14.2 Å². The van der Waals surface area contributed by atoms with Crippen molar-refractivity contribution < 1.29 is 23.8 Å². The Kier molecular flexibility index (Phi) is 9.80. The molecule has 0 heterocycles. The highest BCUT2D eigenvalue weighted by molar-refractivity contribution is 5.97. The average molecular weight is 468 g/mol. The second-order valence-electron chi connectivity index (χ2n) is 8.61. The first kappa shape index (κ1) is 25.6. The number of fused-ring (bicyclic) bond motifs is 1. The van der Waals surface area contributed by atoms with Gasteiger partial charge >= 0.3 is 11.9 Å². The van der Waals surface area contributed by atoms with Gasteiger partial charge in [0.1, 0.15) is 5.75 Å².